The lowest BCUT2D eigenvalue weighted by atomic mass is 9.91. The predicted molar refractivity (Wildman–Crippen MR) is 78.3 cm³/mol. The highest BCUT2D eigenvalue weighted by atomic mass is 32.1. The molecule has 0 bridgehead atoms. The smallest absolute Gasteiger partial charge is 0.240 e. The van der Waals surface area contributed by atoms with Crippen molar-refractivity contribution in [1.82, 2.24) is 9.88 Å². The van der Waals surface area contributed by atoms with Crippen molar-refractivity contribution in [2.75, 3.05) is 25.0 Å². The number of thiazole rings is 1. The number of nitrogens with one attached hydrogen (secondary N) is 1. The first-order valence-corrected chi connectivity index (χ1v) is 7.64. The summed E-state index contributed by atoms with van der Waals surface area (Å²) in [7, 11) is 0. The van der Waals surface area contributed by atoms with E-state index in [9.17, 15) is 4.79 Å². The first-order chi connectivity index (χ1) is 9.10. The number of aryl methyl sites for hydroxylation is 1. The molecule has 0 saturated carbocycles. The highest BCUT2D eigenvalue weighted by Crippen LogP contribution is 2.22. The molecule has 2 atom stereocenters. The van der Waals surface area contributed by atoms with Gasteiger partial charge >= 0.3 is 0 Å². The third-order valence-electron chi connectivity index (χ3n) is 3.68. The molecule has 1 amide bonds. The summed E-state index contributed by atoms with van der Waals surface area (Å²) in [6, 6.07) is 0.317. The zero-order chi connectivity index (χ0) is 13.8. The van der Waals surface area contributed by atoms with Crippen molar-refractivity contribution in [2.45, 2.75) is 32.7 Å². The van der Waals surface area contributed by atoms with Gasteiger partial charge in [-0.3, -0.25) is 9.69 Å². The Morgan fingerprint density at radius 1 is 1.68 bits per heavy atom. The van der Waals surface area contributed by atoms with Gasteiger partial charge in [0, 0.05) is 18.0 Å². The number of carbonyl (C=O) groups excluding carboxylic acids is 1. The molecule has 5 nitrogen and oxygen atoms in total. The first kappa shape index (κ1) is 14.4. The molecule has 106 valence electrons. The number of piperidine rings is 1. The largest absolute Gasteiger partial charge is 0.329 e. The first-order valence-electron chi connectivity index (χ1n) is 6.76. The van der Waals surface area contributed by atoms with Crippen LogP contribution >= 0.6 is 11.3 Å². The summed E-state index contributed by atoms with van der Waals surface area (Å²) in [5.41, 5.74) is 6.77. The van der Waals surface area contributed by atoms with Crippen molar-refractivity contribution in [1.29, 1.82) is 0 Å². The van der Waals surface area contributed by atoms with E-state index in [1.165, 1.54) is 17.8 Å². The molecule has 3 N–H and O–H groups in total. The van der Waals surface area contributed by atoms with Crippen molar-refractivity contribution in [2.24, 2.45) is 11.7 Å². The Balaban J connectivity index is 1.90. The second-order valence-electron chi connectivity index (χ2n) is 5.24. The average Bonchev–Trinajstić information content (AvgIpc) is 2.75. The van der Waals surface area contributed by atoms with Gasteiger partial charge in [0.15, 0.2) is 5.13 Å². The summed E-state index contributed by atoms with van der Waals surface area (Å²) in [5, 5.41) is 5.46. The zero-order valence-electron chi connectivity index (χ0n) is 11.6. The Kier molecular flexibility index (Phi) is 4.90. The van der Waals surface area contributed by atoms with Crippen LogP contribution in [0.2, 0.25) is 0 Å². The van der Waals surface area contributed by atoms with Crippen LogP contribution in [0.3, 0.4) is 0 Å². The van der Waals surface area contributed by atoms with Gasteiger partial charge in [-0.2, -0.15) is 0 Å². The standard InChI is InChI=1S/C13H22N4OS/c1-9-4-3-5-17(11(9)6-14)7-12(18)16-13-15-10(2)8-19-13/h8-9,11H,3-7,14H2,1-2H3,(H,15,16,18). The summed E-state index contributed by atoms with van der Waals surface area (Å²) in [4.78, 5) is 18.5. The molecule has 6 heteroatoms. The average molecular weight is 282 g/mol. The van der Waals surface area contributed by atoms with Crippen LogP contribution in [0.4, 0.5) is 5.13 Å². The fraction of sp³-hybridized carbons (Fsp3) is 0.692. The Hall–Kier alpha value is -0.980. The maximum Gasteiger partial charge on any atom is 0.240 e. The number of nitrogens with zero attached hydrogens (tertiary/aromatic N) is 2. The number of hydrogen-bond donors (Lipinski definition) is 2. The lowest BCUT2D eigenvalue weighted by molar-refractivity contribution is -0.118. The molecule has 2 heterocycles. The second kappa shape index (κ2) is 6.45. The van der Waals surface area contributed by atoms with Gasteiger partial charge in [-0.15, -0.1) is 11.3 Å². The number of carbonyl (C=O) groups is 1. The van der Waals surface area contributed by atoms with Crippen LogP contribution < -0.4 is 11.1 Å². The molecule has 1 fully saturated rings. The topological polar surface area (TPSA) is 71.2 Å². The van der Waals surface area contributed by atoms with Crippen molar-refractivity contribution in [3.63, 3.8) is 0 Å². The number of aromatic nitrogens is 1. The van der Waals surface area contributed by atoms with Crippen LogP contribution in [0.25, 0.3) is 0 Å². The van der Waals surface area contributed by atoms with E-state index in [0.717, 1.165) is 18.7 Å². The van der Waals surface area contributed by atoms with Crippen LogP contribution in [0, 0.1) is 12.8 Å². The van der Waals surface area contributed by atoms with E-state index in [4.69, 9.17) is 5.73 Å². The van der Waals surface area contributed by atoms with E-state index in [1.807, 2.05) is 12.3 Å². The van der Waals surface area contributed by atoms with E-state index in [0.29, 0.717) is 30.2 Å². The highest BCUT2D eigenvalue weighted by Gasteiger charge is 2.28. The third kappa shape index (κ3) is 3.75. The van der Waals surface area contributed by atoms with E-state index in [2.05, 4.69) is 22.1 Å². The van der Waals surface area contributed by atoms with Gasteiger partial charge < -0.3 is 11.1 Å². The molecular formula is C13H22N4OS. The van der Waals surface area contributed by atoms with Gasteiger partial charge in [-0.05, 0) is 32.2 Å². The molecule has 1 aliphatic heterocycles. The van der Waals surface area contributed by atoms with E-state index >= 15 is 0 Å². The molecule has 0 aliphatic carbocycles. The molecule has 19 heavy (non-hydrogen) atoms. The minimum Gasteiger partial charge on any atom is -0.329 e. The molecule has 0 aromatic carbocycles. The number of nitrogens with two attached hydrogens (primary N) is 1. The minimum absolute atomic E-state index is 0.00176. The lowest BCUT2D eigenvalue weighted by Crippen LogP contribution is -2.51. The summed E-state index contributed by atoms with van der Waals surface area (Å²) in [6.07, 6.45) is 2.34. The molecule has 1 aromatic heterocycles. The van der Waals surface area contributed by atoms with Crippen molar-refractivity contribution >= 4 is 22.4 Å². The third-order valence-corrected chi connectivity index (χ3v) is 4.56. The highest BCUT2D eigenvalue weighted by molar-refractivity contribution is 7.13. The quantitative estimate of drug-likeness (QED) is 0.877. The van der Waals surface area contributed by atoms with E-state index in [1.54, 1.807) is 0 Å². The molecular weight excluding hydrogens is 260 g/mol. The summed E-state index contributed by atoms with van der Waals surface area (Å²) in [5.74, 6) is 0.565. The molecule has 0 spiro atoms. The normalized spacial score (nSPS) is 24.4. The second-order valence-corrected chi connectivity index (χ2v) is 6.09. The van der Waals surface area contributed by atoms with Crippen molar-refractivity contribution in [3.8, 4) is 0 Å². The van der Waals surface area contributed by atoms with Crippen LogP contribution in [-0.2, 0) is 4.79 Å². The number of likely N-dealkylation sites (tertiary alicyclic amines) is 1. The molecule has 0 radical (unpaired) electrons. The maximum atomic E-state index is 12.0. The van der Waals surface area contributed by atoms with Crippen molar-refractivity contribution < 1.29 is 4.79 Å². The maximum absolute atomic E-state index is 12.0. The SMILES string of the molecule is Cc1csc(NC(=O)CN2CCCC(C)C2CN)n1. The van der Waals surface area contributed by atoms with Gasteiger partial charge in [0.25, 0.3) is 0 Å². The molecule has 2 rings (SSSR count). The van der Waals surface area contributed by atoms with Gasteiger partial charge in [-0.1, -0.05) is 6.92 Å². The van der Waals surface area contributed by atoms with E-state index in [-0.39, 0.29) is 5.91 Å². The number of hydrogen-bond acceptors (Lipinski definition) is 5. The molecule has 1 saturated heterocycles. The number of rotatable bonds is 4. The molecule has 2 unspecified atom stereocenters. The zero-order valence-corrected chi connectivity index (χ0v) is 12.4. The fourth-order valence-corrected chi connectivity index (χ4v) is 3.37. The summed E-state index contributed by atoms with van der Waals surface area (Å²) >= 11 is 1.46. The van der Waals surface area contributed by atoms with Gasteiger partial charge in [0.05, 0.1) is 12.2 Å². The van der Waals surface area contributed by atoms with Gasteiger partial charge in [-0.25, -0.2) is 4.98 Å². The Morgan fingerprint density at radius 2 is 2.47 bits per heavy atom. The van der Waals surface area contributed by atoms with Crippen LogP contribution in [-0.4, -0.2) is 41.5 Å². The number of amides is 1. The van der Waals surface area contributed by atoms with Gasteiger partial charge in [0.1, 0.15) is 0 Å². The Labute approximate surface area is 118 Å². The lowest BCUT2D eigenvalue weighted by Gasteiger charge is -2.38. The van der Waals surface area contributed by atoms with Crippen molar-refractivity contribution in [3.05, 3.63) is 11.1 Å². The van der Waals surface area contributed by atoms with Crippen LogP contribution in [0.15, 0.2) is 5.38 Å². The molecule has 1 aliphatic rings. The Morgan fingerprint density at radius 3 is 3.11 bits per heavy atom. The monoisotopic (exact) mass is 282 g/mol. The van der Waals surface area contributed by atoms with Gasteiger partial charge in [0.2, 0.25) is 5.91 Å². The number of anilines is 1. The fourth-order valence-electron chi connectivity index (χ4n) is 2.67. The Bertz CT molecular complexity index is 434. The molecule has 1 aromatic rings. The van der Waals surface area contributed by atoms with Crippen LogP contribution in [0.1, 0.15) is 25.5 Å². The summed E-state index contributed by atoms with van der Waals surface area (Å²) < 4.78 is 0. The summed E-state index contributed by atoms with van der Waals surface area (Å²) in [6.45, 7) is 6.11. The predicted octanol–water partition coefficient (Wildman–Crippen LogP) is 1.45. The van der Waals surface area contributed by atoms with E-state index < -0.39 is 0 Å². The minimum atomic E-state index is 0.00176. The van der Waals surface area contributed by atoms with Crippen LogP contribution in [0.5, 0.6) is 0 Å².